The van der Waals surface area contributed by atoms with Crippen molar-refractivity contribution < 1.29 is 17.4 Å². The Labute approximate surface area is 122 Å². The molecule has 1 saturated heterocycles. The van der Waals surface area contributed by atoms with Crippen LogP contribution in [0.4, 0.5) is 0 Å². The average molecular weight is 339 g/mol. The molecule has 0 unspecified atom stereocenters. The molecule has 0 saturated carbocycles. The van der Waals surface area contributed by atoms with Crippen LogP contribution in [-0.2, 0) is 17.4 Å². The highest BCUT2D eigenvalue weighted by molar-refractivity contribution is 6.84. The predicted molar refractivity (Wildman–Crippen MR) is 88.9 cm³/mol. The van der Waals surface area contributed by atoms with E-state index >= 15 is 0 Å². The fourth-order valence-corrected chi connectivity index (χ4v) is 16.5. The van der Waals surface area contributed by atoms with Gasteiger partial charge in [-0.2, -0.15) is 0 Å². The van der Waals surface area contributed by atoms with Gasteiger partial charge in [0.1, 0.15) is 0 Å². The van der Waals surface area contributed by atoms with E-state index in [1.54, 1.807) is 0 Å². The first-order chi connectivity index (χ1) is 8.33. The molecule has 8 heteroatoms. The SMILES string of the molecule is C[Si]1(C)CO[Si](C)(C)CO[Si](C)(C)O[Si](C)(C)CO1. The molecular formula is C11H30O4Si4. The lowest BCUT2D eigenvalue weighted by molar-refractivity contribution is 0.257. The molecule has 1 fully saturated rings. The Morgan fingerprint density at radius 3 is 1.37 bits per heavy atom. The first-order valence-corrected chi connectivity index (χ1v) is 19.1. The lowest BCUT2D eigenvalue weighted by Crippen LogP contribution is -2.52. The Bertz CT molecular complexity index is 288. The van der Waals surface area contributed by atoms with E-state index in [9.17, 15) is 0 Å². The van der Waals surface area contributed by atoms with Gasteiger partial charge in [0.25, 0.3) is 0 Å². The van der Waals surface area contributed by atoms with Crippen LogP contribution < -0.4 is 0 Å². The van der Waals surface area contributed by atoms with Crippen molar-refractivity contribution in [3.8, 4) is 0 Å². The van der Waals surface area contributed by atoms with Crippen LogP contribution in [0.15, 0.2) is 0 Å². The molecule has 0 aromatic carbocycles. The fraction of sp³-hybridized carbons (Fsp3) is 1.00. The van der Waals surface area contributed by atoms with Gasteiger partial charge in [-0.3, -0.25) is 0 Å². The van der Waals surface area contributed by atoms with Crippen molar-refractivity contribution in [1.29, 1.82) is 0 Å². The highest BCUT2D eigenvalue weighted by Gasteiger charge is 2.40. The van der Waals surface area contributed by atoms with Gasteiger partial charge >= 0.3 is 8.56 Å². The van der Waals surface area contributed by atoms with Crippen LogP contribution in [0.25, 0.3) is 0 Å². The molecular weight excluding hydrogens is 308 g/mol. The summed E-state index contributed by atoms with van der Waals surface area (Å²) in [6.07, 6.45) is 2.24. The Hall–Kier alpha value is 0.708. The molecule has 0 bridgehead atoms. The highest BCUT2D eigenvalue weighted by atomic mass is 28.4. The summed E-state index contributed by atoms with van der Waals surface area (Å²) in [5.41, 5.74) is 0. The van der Waals surface area contributed by atoms with E-state index in [0.717, 1.165) is 18.7 Å². The van der Waals surface area contributed by atoms with Gasteiger partial charge in [0.05, 0.1) is 18.7 Å². The van der Waals surface area contributed by atoms with Crippen LogP contribution >= 0.6 is 0 Å². The van der Waals surface area contributed by atoms with Crippen LogP contribution in [-0.4, -0.2) is 52.2 Å². The Morgan fingerprint density at radius 1 is 0.526 bits per heavy atom. The minimum absolute atomic E-state index is 0.723. The molecule has 0 aromatic rings. The Morgan fingerprint density at radius 2 is 0.895 bits per heavy atom. The first-order valence-electron chi connectivity index (χ1n) is 6.95. The third kappa shape index (κ3) is 6.80. The molecule has 0 aromatic heterocycles. The lowest BCUT2D eigenvalue weighted by atomic mass is 11.7. The lowest BCUT2D eigenvalue weighted by Gasteiger charge is -2.34. The monoisotopic (exact) mass is 338 g/mol. The zero-order chi connectivity index (χ0) is 14.9. The van der Waals surface area contributed by atoms with Crippen LogP contribution in [0.2, 0.25) is 52.4 Å². The van der Waals surface area contributed by atoms with Gasteiger partial charge in [-0.25, -0.2) is 0 Å². The summed E-state index contributed by atoms with van der Waals surface area (Å²) >= 11 is 0. The summed E-state index contributed by atoms with van der Waals surface area (Å²) in [5.74, 6) is 0. The molecule has 114 valence electrons. The van der Waals surface area contributed by atoms with E-state index in [1.165, 1.54) is 0 Å². The topological polar surface area (TPSA) is 36.9 Å². The summed E-state index contributed by atoms with van der Waals surface area (Å²) in [6, 6.07) is 0. The third-order valence-corrected chi connectivity index (χ3v) is 13.2. The number of hydrogen-bond donors (Lipinski definition) is 0. The van der Waals surface area contributed by atoms with Gasteiger partial charge in [-0.15, -0.1) is 0 Å². The van der Waals surface area contributed by atoms with Gasteiger partial charge < -0.3 is 17.4 Å². The van der Waals surface area contributed by atoms with Gasteiger partial charge in [0.15, 0.2) is 8.32 Å². The summed E-state index contributed by atoms with van der Waals surface area (Å²) in [7, 11) is -7.40. The Kier molecular flexibility index (Phi) is 5.45. The molecule has 0 spiro atoms. The van der Waals surface area contributed by atoms with Crippen molar-refractivity contribution in [2.45, 2.75) is 52.4 Å². The standard InChI is InChI=1S/C11H30O4Si4/c1-16(2)9-12-17(3,4)11-14-19(7,8)15-18(5,6)10-13-16/h9-11H2,1-8H3. The third-order valence-electron chi connectivity index (χ3n) is 2.91. The second-order valence-electron chi connectivity index (χ2n) is 7.65. The molecule has 1 aliphatic rings. The van der Waals surface area contributed by atoms with Crippen molar-refractivity contribution in [2.75, 3.05) is 18.7 Å². The summed E-state index contributed by atoms with van der Waals surface area (Å²) < 4.78 is 24.9. The van der Waals surface area contributed by atoms with E-state index in [1.807, 2.05) is 0 Å². The van der Waals surface area contributed by atoms with Crippen molar-refractivity contribution >= 4 is 33.5 Å². The summed E-state index contributed by atoms with van der Waals surface area (Å²) in [5, 5.41) is 0. The summed E-state index contributed by atoms with van der Waals surface area (Å²) in [6.45, 7) is 17.6. The molecule has 0 aliphatic carbocycles. The number of hydrogen-bond acceptors (Lipinski definition) is 4. The quantitative estimate of drug-likeness (QED) is 0.636. The van der Waals surface area contributed by atoms with E-state index in [-0.39, 0.29) is 0 Å². The molecule has 0 radical (unpaired) electrons. The van der Waals surface area contributed by atoms with Crippen molar-refractivity contribution in [2.24, 2.45) is 0 Å². The molecule has 0 N–H and O–H groups in total. The van der Waals surface area contributed by atoms with Crippen molar-refractivity contribution in [3.63, 3.8) is 0 Å². The minimum atomic E-state index is -2.07. The molecule has 1 heterocycles. The predicted octanol–water partition coefficient (Wildman–Crippen LogP) is 3.00. The normalized spacial score (nSPS) is 30.3. The molecule has 19 heavy (non-hydrogen) atoms. The highest BCUT2D eigenvalue weighted by Crippen LogP contribution is 2.21. The van der Waals surface area contributed by atoms with E-state index in [0.29, 0.717) is 0 Å². The van der Waals surface area contributed by atoms with Crippen LogP contribution in [0, 0.1) is 0 Å². The van der Waals surface area contributed by atoms with Crippen molar-refractivity contribution in [3.05, 3.63) is 0 Å². The maximum absolute atomic E-state index is 6.36. The Balaban J connectivity index is 2.88. The molecule has 0 amide bonds. The van der Waals surface area contributed by atoms with Crippen LogP contribution in [0.1, 0.15) is 0 Å². The maximum atomic E-state index is 6.36. The zero-order valence-corrected chi connectivity index (χ0v) is 17.8. The van der Waals surface area contributed by atoms with E-state index < -0.39 is 33.5 Å². The van der Waals surface area contributed by atoms with Gasteiger partial charge in [0, 0.05) is 0 Å². The van der Waals surface area contributed by atoms with E-state index in [4.69, 9.17) is 17.4 Å². The first kappa shape index (κ1) is 17.8. The molecule has 1 rings (SSSR count). The smallest absolute Gasteiger partial charge is 0.321 e. The minimum Gasteiger partial charge on any atom is -0.434 e. The van der Waals surface area contributed by atoms with Gasteiger partial charge in [0.2, 0.25) is 16.6 Å². The maximum Gasteiger partial charge on any atom is 0.321 e. The van der Waals surface area contributed by atoms with Crippen LogP contribution in [0.3, 0.4) is 0 Å². The summed E-state index contributed by atoms with van der Waals surface area (Å²) in [4.78, 5) is 0. The largest absolute Gasteiger partial charge is 0.434 e. The molecule has 0 atom stereocenters. The van der Waals surface area contributed by atoms with E-state index in [2.05, 4.69) is 52.4 Å². The second-order valence-corrected chi connectivity index (χ2v) is 23.6. The van der Waals surface area contributed by atoms with Crippen molar-refractivity contribution in [1.82, 2.24) is 0 Å². The van der Waals surface area contributed by atoms with Crippen LogP contribution in [0.5, 0.6) is 0 Å². The average Bonchev–Trinajstić information content (AvgIpc) is 2.21. The molecule has 4 nitrogen and oxygen atoms in total. The zero-order valence-electron chi connectivity index (χ0n) is 13.8. The van der Waals surface area contributed by atoms with Gasteiger partial charge in [-0.1, -0.05) is 0 Å². The fourth-order valence-electron chi connectivity index (χ4n) is 1.89. The second kappa shape index (κ2) is 5.83. The number of rotatable bonds is 0. The van der Waals surface area contributed by atoms with Gasteiger partial charge in [-0.05, 0) is 52.4 Å². The molecule has 1 aliphatic heterocycles.